The second-order valence-electron chi connectivity index (χ2n) is 6.91. The fourth-order valence-corrected chi connectivity index (χ4v) is 5.30. The van der Waals surface area contributed by atoms with Gasteiger partial charge in [-0.2, -0.15) is 0 Å². The molecule has 4 heterocycles. The third-order valence-electron chi connectivity index (χ3n) is 6.12. The van der Waals surface area contributed by atoms with E-state index in [4.69, 9.17) is 0 Å². The molecule has 0 radical (unpaired) electrons. The summed E-state index contributed by atoms with van der Waals surface area (Å²) in [5.74, 6) is -1.51. The Labute approximate surface area is 133 Å². The lowest BCUT2D eigenvalue weighted by Gasteiger charge is -2.36. The lowest BCUT2D eigenvalue weighted by Crippen LogP contribution is -2.53. The van der Waals surface area contributed by atoms with Crippen molar-refractivity contribution in [3.63, 3.8) is 0 Å². The molecule has 6 nitrogen and oxygen atoms in total. The van der Waals surface area contributed by atoms with Gasteiger partial charge in [-0.1, -0.05) is 18.2 Å². The molecule has 3 amide bonds. The van der Waals surface area contributed by atoms with E-state index in [-0.39, 0.29) is 23.8 Å². The third-order valence-corrected chi connectivity index (χ3v) is 6.12. The molecule has 118 valence electrons. The number of nitrogens with one attached hydrogen (secondary N) is 1. The average molecular weight is 311 g/mol. The number of hydrogen-bond acceptors (Lipinski definition) is 4. The van der Waals surface area contributed by atoms with Crippen LogP contribution >= 0.6 is 0 Å². The number of carbonyl (C=O) groups excluding carboxylic acids is 3. The fraction of sp³-hybridized carbons (Fsp3) is 0.471. The molecule has 6 heteroatoms. The van der Waals surface area contributed by atoms with Gasteiger partial charge in [-0.15, -0.1) is 0 Å². The number of rotatable bonds is 0. The maximum atomic E-state index is 13.1. The first-order valence-electron chi connectivity index (χ1n) is 8.07. The van der Waals surface area contributed by atoms with Gasteiger partial charge in [0.1, 0.15) is 5.54 Å². The normalized spacial score (nSPS) is 38.2. The van der Waals surface area contributed by atoms with Crippen LogP contribution in [0.1, 0.15) is 18.4 Å². The molecule has 3 fully saturated rings. The monoisotopic (exact) mass is 311 g/mol. The molecule has 4 atom stereocenters. The van der Waals surface area contributed by atoms with Crippen LogP contribution < -0.4 is 5.32 Å². The lowest BCUT2D eigenvalue weighted by molar-refractivity contribution is -0.144. The van der Waals surface area contributed by atoms with Crippen LogP contribution in [0.3, 0.4) is 0 Å². The molecule has 4 aliphatic rings. The molecule has 1 N–H and O–H groups in total. The van der Waals surface area contributed by atoms with E-state index in [0.717, 1.165) is 30.6 Å². The molecular weight excluding hydrogens is 294 g/mol. The molecule has 0 aliphatic carbocycles. The Morgan fingerprint density at radius 3 is 2.78 bits per heavy atom. The van der Waals surface area contributed by atoms with Crippen molar-refractivity contribution < 1.29 is 14.4 Å². The van der Waals surface area contributed by atoms with E-state index in [1.807, 2.05) is 24.3 Å². The van der Waals surface area contributed by atoms with Crippen LogP contribution in [-0.4, -0.2) is 47.2 Å². The molecule has 1 aromatic carbocycles. The first kappa shape index (κ1) is 13.2. The largest absolute Gasteiger partial charge is 0.324 e. The number of anilines is 1. The number of amides is 3. The number of nitrogens with zero attached hydrogens (tertiary/aromatic N) is 2. The first-order valence-corrected chi connectivity index (χ1v) is 8.07. The molecular formula is C17H17N3O3. The van der Waals surface area contributed by atoms with Gasteiger partial charge in [0.05, 0.1) is 11.8 Å². The molecule has 0 saturated carbocycles. The molecule has 1 spiro atoms. The van der Waals surface area contributed by atoms with E-state index in [1.165, 1.54) is 11.9 Å². The van der Waals surface area contributed by atoms with Crippen molar-refractivity contribution in [3.8, 4) is 0 Å². The molecule has 1 aromatic rings. The Bertz CT molecular complexity index is 776. The van der Waals surface area contributed by atoms with Crippen LogP contribution in [0.25, 0.3) is 0 Å². The predicted molar refractivity (Wildman–Crippen MR) is 81.2 cm³/mol. The quantitative estimate of drug-likeness (QED) is 0.710. The van der Waals surface area contributed by atoms with Gasteiger partial charge in [-0.3, -0.25) is 24.2 Å². The Morgan fingerprint density at radius 2 is 1.96 bits per heavy atom. The van der Waals surface area contributed by atoms with Crippen LogP contribution in [0.2, 0.25) is 0 Å². The number of benzene rings is 1. The number of hydrogen-bond donors (Lipinski definition) is 1. The van der Waals surface area contributed by atoms with Crippen LogP contribution in [0, 0.1) is 11.8 Å². The highest BCUT2D eigenvalue weighted by Gasteiger charge is 2.74. The van der Waals surface area contributed by atoms with Crippen molar-refractivity contribution in [2.75, 3.05) is 18.9 Å². The van der Waals surface area contributed by atoms with Crippen LogP contribution in [0.5, 0.6) is 0 Å². The van der Waals surface area contributed by atoms with Gasteiger partial charge >= 0.3 is 0 Å². The van der Waals surface area contributed by atoms with Crippen molar-refractivity contribution in [1.29, 1.82) is 0 Å². The number of carbonyl (C=O) groups is 3. The maximum absolute atomic E-state index is 13.1. The summed E-state index contributed by atoms with van der Waals surface area (Å²) >= 11 is 0. The first-order chi connectivity index (χ1) is 11.1. The van der Waals surface area contributed by atoms with Crippen LogP contribution in [0.4, 0.5) is 5.69 Å². The smallest absolute Gasteiger partial charge is 0.250 e. The third kappa shape index (κ3) is 1.25. The minimum absolute atomic E-state index is 0.0155. The minimum Gasteiger partial charge on any atom is -0.324 e. The summed E-state index contributed by atoms with van der Waals surface area (Å²) in [5.41, 5.74) is 0.597. The summed E-state index contributed by atoms with van der Waals surface area (Å²) in [5, 5.41) is 2.94. The summed E-state index contributed by atoms with van der Waals surface area (Å²) in [6.45, 7) is 0.754. The topological polar surface area (TPSA) is 69.7 Å². The second-order valence-corrected chi connectivity index (χ2v) is 6.91. The number of likely N-dealkylation sites (tertiary alicyclic amines) is 1. The summed E-state index contributed by atoms with van der Waals surface area (Å²) in [6, 6.07) is 7.54. The van der Waals surface area contributed by atoms with E-state index in [1.54, 1.807) is 0 Å². The number of fused-ring (bicyclic) bond motifs is 7. The Balaban J connectivity index is 1.80. The average Bonchev–Trinajstić information content (AvgIpc) is 3.23. The molecule has 5 rings (SSSR count). The van der Waals surface area contributed by atoms with E-state index >= 15 is 0 Å². The zero-order chi connectivity index (χ0) is 15.9. The molecule has 3 saturated heterocycles. The summed E-state index contributed by atoms with van der Waals surface area (Å²) < 4.78 is 0. The van der Waals surface area contributed by atoms with E-state index < -0.39 is 17.4 Å². The maximum Gasteiger partial charge on any atom is 0.250 e. The van der Waals surface area contributed by atoms with Crippen molar-refractivity contribution >= 4 is 23.4 Å². The van der Waals surface area contributed by atoms with Gasteiger partial charge in [-0.25, -0.2) is 0 Å². The SMILES string of the molecule is CN1C(=O)[C@@H]2[C@@H]3CCCN3[C@]3(C(=O)Nc4ccccc43)[C@H]2C1=O. The highest BCUT2D eigenvalue weighted by atomic mass is 16.2. The summed E-state index contributed by atoms with van der Waals surface area (Å²) in [4.78, 5) is 41.9. The van der Waals surface area contributed by atoms with Crippen LogP contribution in [-0.2, 0) is 19.9 Å². The van der Waals surface area contributed by atoms with Crippen molar-refractivity contribution in [2.45, 2.75) is 24.4 Å². The molecule has 0 aromatic heterocycles. The summed E-state index contributed by atoms with van der Waals surface area (Å²) in [7, 11) is 1.54. The fourth-order valence-electron chi connectivity index (χ4n) is 5.30. The standard InChI is InChI=1S/C17H17N3O3/c1-19-14(21)12-11-7-4-8-20(11)17(13(12)15(19)22)9-5-2-3-6-10(9)18-16(17)23/h2-3,5-6,11-13H,4,7-8H2,1H3,(H,18,23)/t11-,12+,13+,17-/m0/s1. The van der Waals surface area contributed by atoms with E-state index in [0.29, 0.717) is 0 Å². The van der Waals surface area contributed by atoms with Crippen LogP contribution in [0.15, 0.2) is 24.3 Å². The van der Waals surface area contributed by atoms with Crippen molar-refractivity contribution in [1.82, 2.24) is 9.80 Å². The van der Waals surface area contributed by atoms with Gasteiger partial charge in [-0.05, 0) is 25.5 Å². The van der Waals surface area contributed by atoms with Gasteiger partial charge in [0, 0.05) is 24.3 Å². The zero-order valence-corrected chi connectivity index (χ0v) is 12.8. The van der Waals surface area contributed by atoms with Gasteiger partial charge in [0.2, 0.25) is 17.7 Å². The van der Waals surface area contributed by atoms with Gasteiger partial charge in [0.15, 0.2) is 0 Å². The Morgan fingerprint density at radius 1 is 1.17 bits per heavy atom. The zero-order valence-electron chi connectivity index (χ0n) is 12.8. The lowest BCUT2D eigenvalue weighted by atomic mass is 9.75. The minimum atomic E-state index is -1.01. The van der Waals surface area contributed by atoms with Crippen molar-refractivity contribution in [3.05, 3.63) is 29.8 Å². The van der Waals surface area contributed by atoms with E-state index in [9.17, 15) is 14.4 Å². The number of para-hydroxylation sites is 1. The number of imide groups is 1. The van der Waals surface area contributed by atoms with Gasteiger partial charge in [0.25, 0.3) is 0 Å². The predicted octanol–water partition coefficient (Wildman–Crippen LogP) is 0.543. The molecule has 23 heavy (non-hydrogen) atoms. The highest BCUT2D eigenvalue weighted by molar-refractivity contribution is 6.15. The molecule has 0 bridgehead atoms. The highest BCUT2D eigenvalue weighted by Crippen LogP contribution is 2.59. The molecule has 4 aliphatic heterocycles. The van der Waals surface area contributed by atoms with Gasteiger partial charge < -0.3 is 5.32 Å². The Hall–Kier alpha value is -2.21. The summed E-state index contributed by atoms with van der Waals surface area (Å²) in [6.07, 6.45) is 1.82. The molecule has 0 unspecified atom stereocenters. The Kier molecular flexibility index (Phi) is 2.30. The second kappa shape index (κ2) is 4.00. The van der Waals surface area contributed by atoms with E-state index in [2.05, 4.69) is 10.2 Å². The van der Waals surface area contributed by atoms with Crippen molar-refractivity contribution in [2.24, 2.45) is 11.8 Å².